The van der Waals surface area contributed by atoms with Gasteiger partial charge in [0.25, 0.3) is 0 Å². The standard InChI is InChI=1S/C11H20F3NO5S/c1-3-5-6-7-8(9(16)10(17)20-4-2)15-21(18,19)11(12,13)14/h8-9,15-16H,3-7H2,1-2H3/t8-,9+/m1/s1. The van der Waals surface area contributed by atoms with Crippen molar-refractivity contribution in [2.75, 3.05) is 6.61 Å². The molecule has 6 nitrogen and oxygen atoms in total. The first-order chi connectivity index (χ1) is 9.56. The Balaban J connectivity index is 5.02. The van der Waals surface area contributed by atoms with Crippen molar-refractivity contribution in [1.29, 1.82) is 0 Å². The van der Waals surface area contributed by atoms with Gasteiger partial charge >= 0.3 is 21.5 Å². The highest BCUT2D eigenvalue weighted by atomic mass is 32.2. The molecule has 2 N–H and O–H groups in total. The Labute approximate surface area is 121 Å². The summed E-state index contributed by atoms with van der Waals surface area (Å²) < 4.78 is 65.0. The number of hydrogen-bond donors (Lipinski definition) is 2. The molecule has 10 heteroatoms. The maximum absolute atomic E-state index is 12.3. The molecule has 0 saturated carbocycles. The molecule has 0 aromatic rings. The topological polar surface area (TPSA) is 92.7 Å². The van der Waals surface area contributed by atoms with Crippen LogP contribution in [0.1, 0.15) is 39.5 Å². The lowest BCUT2D eigenvalue weighted by Gasteiger charge is -2.23. The van der Waals surface area contributed by atoms with Gasteiger partial charge in [0, 0.05) is 0 Å². The Kier molecular flexibility index (Phi) is 8.19. The molecule has 0 unspecified atom stereocenters. The maximum Gasteiger partial charge on any atom is 0.511 e. The summed E-state index contributed by atoms with van der Waals surface area (Å²) in [6.45, 7) is 3.22. The van der Waals surface area contributed by atoms with Gasteiger partial charge in [-0.15, -0.1) is 0 Å². The minimum Gasteiger partial charge on any atom is -0.464 e. The minimum atomic E-state index is -5.65. The predicted molar refractivity (Wildman–Crippen MR) is 68.7 cm³/mol. The third kappa shape index (κ3) is 6.62. The Morgan fingerprint density at radius 2 is 1.86 bits per heavy atom. The number of aliphatic hydroxyl groups excluding tert-OH is 1. The summed E-state index contributed by atoms with van der Waals surface area (Å²) in [5.41, 5.74) is -5.51. The molecular weight excluding hydrogens is 315 g/mol. The molecule has 0 heterocycles. The second kappa shape index (κ2) is 8.54. The number of nitrogens with one attached hydrogen (secondary N) is 1. The third-order valence-corrected chi connectivity index (χ3v) is 3.86. The predicted octanol–water partition coefficient (Wildman–Crippen LogP) is 1.30. The van der Waals surface area contributed by atoms with E-state index in [-0.39, 0.29) is 13.0 Å². The molecule has 0 aliphatic heterocycles. The quantitative estimate of drug-likeness (QED) is 0.489. The molecular formula is C11H20F3NO5S. The van der Waals surface area contributed by atoms with E-state index in [1.807, 2.05) is 6.92 Å². The van der Waals surface area contributed by atoms with Crippen molar-refractivity contribution in [3.63, 3.8) is 0 Å². The molecule has 0 bridgehead atoms. The van der Waals surface area contributed by atoms with E-state index >= 15 is 0 Å². The fourth-order valence-electron chi connectivity index (χ4n) is 1.55. The number of unbranched alkanes of at least 4 members (excludes halogenated alkanes) is 2. The molecule has 0 aromatic heterocycles. The van der Waals surface area contributed by atoms with E-state index in [1.165, 1.54) is 11.6 Å². The van der Waals surface area contributed by atoms with Gasteiger partial charge in [-0.25, -0.2) is 17.9 Å². The molecule has 0 aliphatic carbocycles. The third-order valence-electron chi connectivity index (χ3n) is 2.64. The molecule has 126 valence electrons. The molecule has 0 radical (unpaired) electrons. The van der Waals surface area contributed by atoms with E-state index in [0.29, 0.717) is 12.8 Å². The van der Waals surface area contributed by atoms with Crippen LogP contribution >= 0.6 is 0 Å². The van der Waals surface area contributed by atoms with Crippen molar-refractivity contribution < 1.29 is 36.2 Å². The number of carbonyl (C=O) groups is 1. The van der Waals surface area contributed by atoms with E-state index in [1.54, 1.807) is 0 Å². The van der Waals surface area contributed by atoms with Crippen LogP contribution in [0.15, 0.2) is 0 Å². The van der Waals surface area contributed by atoms with Crippen LogP contribution in [0.25, 0.3) is 0 Å². The van der Waals surface area contributed by atoms with Crippen LogP contribution in [0.3, 0.4) is 0 Å². The van der Waals surface area contributed by atoms with E-state index in [9.17, 15) is 31.5 Å². The van der Waals surface area contributed by atoms with Crippen LogP contribution in [0.5, 0.6) is 0 Å². The van der Waals surface area contributed by atoms with Gasteiger partial charge in [0.15, 0.2) is 6.10 Å². The van der Waals surface area contributed by atoms with Gasteiger partial charge in [-0.1, -0.05) is 26.2 Å². The monoisotopic (exact) mass is 335 g/mol. The second-order valence-electron chi connectivity index (χ2n) is 4.37. The molecule has 0 aliphatic rings. The number of aliphatic hydroxyl groups is 1. The Morgan fingerprint density at radius 1 is 1.29 bits per heavy atom. The SMILES string of the molecule is CCCCC[C@@H](NS(=O)(=O)C(F)(F)F)[C@H](O)C(=O)OCC. The van der Waals surface area contributed by atoms with Gasteiger partial charge in [-0.3, -0.25) is 0 Å². The van der Waals surface area contributed by atoms with E-state index in [2.05, 4.69) is 4.74 Å². The van der Waals surface area contributed by atoms with Crippen molar-refractivity contribution >= 4 is 16.0 Å². The Hall–Kier alpha value is -0.870. The number of alkyl halides is 3. The summed E-state index contributed by atoms with van der Waals surface area (Å²) in [5, 5.41) is 9.67. The molecule has 0 amide bonds. The minimum absolute atomic E-state index is 0.0798. The lowest BCUT2D eigenvalue weighted by atomic mass is 10.0. The first kappa shape index (κ1) is 20.1. The largest absolute Gasteiger partial charge is 0.511 e. The van der Waals surface area contributed by atoms with Crippen LogP contribution < -0.4 is 4.72 Å². The molecule has 0 fully saturated rings. The molecule has 2 atom stereocenters. The van der Waals surface area contributed by atoms with Crippen molar-refractivity contribution in [1.82, 2.24) is 4.72 Å². The zero-order valence-corrected chi connectivity index (χ0v) is 12.6. The number of halogens is 3. The van der Waals surface area contributed by atoms with Gasteiger partial charge in [-0.2, -0.15) is 13.2 Å². The molecule has 0 spiro atoms. The van der Waals surface area contributed by atoms with Gasteiger partial charge < -0.3 is 9.84 Å². The van der Waals surface area contributed by atoms with Crippen molar-refractivity contribution in [3.8, 4) is 0 Å². The van der Waals surface area contributed by atoms with Crippen LogP contribution in [-0.2, 0) is 19.6 Å². The van der Waals surface area contributed by atoms with Gasteiger partial charge in [0.05, 0.1) is 12.6 Å². The highest BCUT2D eigenvalue weighted by molar-refractivity contribution is 7.90. The van der Waals surface area contributed by atoms with E-state index in [0.717, 1.165) is 6.42 Å². The number of carbonyl (C=O) groups excluding carboxylic acids is 1. The molecule has 0 aromatic carbocycles. The van der Waals surface area contributed by atoms with Crippen molar-refractivity contribution in [2.24, 2.45) is 0 Å². The van der Waals surface area contributed by atoms with Gasteiger partial charge in [0.2, 0.25) is 0 Å². The number of sulfonamides is 1. The summed E-state index contributed by atoms with van der Waals surface area (Å²) in [6.07, 6.45) is -0.367. The first-order valence-corrected chi connectivity index (χ1v) is 7.98. The highest BCUT2D eigenvalue weighted by Crippen LogP contribution is 2.23. The summed E-state index contributed by atoms with van der Waals surface area (Å²) in [4.78, 5) is 11.4. The first-order valence-electron chi connectivity index (χ1n) is 6.50. The smallest absolute Gasteiger partial charge is 0.464 e. The summed E-state index contributed by atoms with van der Waals surface area (Å²) in [5.74, 6) is -1.16. The van der Waals surface area contributed by atoms with Crippen molar-refractivity contribution in [3.05, 3.63) is 0 Å². The average Bonchev–Trinajstić information content (AvgIpc) is 2.35. The van der Waals surface area contributed by atoms with Crippen LogP contribution in [0.2, 0.25) is 0 Å². The molecule has 21 heavy (non-hydrogen) atoms. The van der Waals surface area contributed by atoms with Crippen LogP contribution in [0.4, 0.5) is 13.2 Å². The lowest BCUT2D eigenvalue weighted by Crippen LogP contribution is -2.50. The summed E-state index contributed by atoms with van der Waals surface area (Å²) in [6, 6.07) is -1.58. The maximum atomic E-state index is 12.3. The molecule has 0 rings (SSSR count). The number of hydrogen-bond acceptors (Lipinski definition) is 5. The number of esters is 1. The zero-order chi connectivity index (χ0) is 16.7. The van der Waals surface area contributed by atoms with Gasteiger partial charge in [0.1, 0.15) is 0 Å². The summed E-state index contributed by atoms with van der Waals surface area (Å²) in [7, 11) is -5.65. The normalized spacial score (nSPS) is 15.5. The van der Waals surface area contributed by atoms with Gasteiger partial charge in [-0.05, 0) is 13.3 Å². The van der Waals surface area contributed by atoms with Crippen LogP contribution in [0, 0.1) is 0 Å². The fourth-order valence-corrected chi connectivity index (χ4v) is 2.33. The summed E-state index contributed by atoms with van der Waals surface area (Å²) >= 11 is 0. The second-order valence-corrected chi connectivity index (χ2v) is 6.07. The van der Waals surface area contributed by atoms with E-state index < -0.39 is 33.6 Å². The van der Waals surface area contributed by atoms with Crippen molar-refractivity contribution in [2.45, 2.75) is 57.2 Å². The zero-order valence-electron chi connectivity index (χ0n) is 11.8. The Morgan fingerprint density at radius 3 is 2.29 bits per heavy atom. The lowest BCUT2D eigenvalue weighted by molar-refractivity contribution is -0.154. The fraction of sp³-hybridized carbons (Fsp3) is 0.909. The average molecular weight is 335 g/mol. The highest BCUT2D eigenvalue weighted by Gasteiger charge is 2.48. The number of ether oxygens (including phenoxy) is 1. The van der Waals surface area contributed by atoms with Crippen LogP contribution in [-0.4, -0.2) is 43.8 Å². The number of rotatable bonds is 9. The molecule has 0 saturated heterocycles. The Bertz CT molecular complexity index is 424. The van der Waals surface area contributed by atoms with E-state index in [4.69, 9.17) is 0 Å².